The number of rotatable bonds is 54. The van der Waals surface area contributed by atoms with Gasteiger partial charge in [0, 0.05) is 19.3 Å². The Morgan fingerprint density at radius 1 is 0.292 bits per heavy atom. The Morgan fingerprint density at radius 2 is 0.542 bits per heavy atom. The molecule has 1 unspecified atom stereocenters. The molecule has 6 nitrogen and oxygen atoms in total. The molecule has 0 saturated heterocycles. The first-order valence-corrected chi connectivity index (χ1v) is 30.2. The van der Waals surface area contributed by atoms with Crippen molar-refractivity contribution in [1.29, 1.82) is 0 Å². The molecule has 0 fully saturated rings. The smallest absolute Gasteiger partial charge is 0.306 e. The third-order valence-corrected chi connectivity index (χ3v) is 12.8. The van der Waals surface area contributed by atoms with Crippen molar-refractivity contribution in [3.05, 3.63) is 97.2 Å². The van der Waals surface area contributed by atoms with Gasteiger partial charge in [0.05, 0.1) is 0 Å². The SMILES string of the molecule is CC/C=C\C/C=C\C/C=C\C/C=C\C/C=C\C/C=C\C/C=C\CCCCCCCCCC(=O)OCC(COC(=O)CCCCCCCCCCCC)OC(=O)CCCCCCC/C=C\CCCCCCCC. The molecule has 0 aromatic carbocycles. The number of unbranched alkanes of at least 4 members (excludes halogenated alkanes) is 27. The Bertz CT molecular complexity index is 1430. The van der Waals surface area contributed by atoms with E-state index < -0.39 is 6.10 Å². The molecule has 0 aromatic heterocycles. The highest BCUT2D eigenvalue weighted by atomic mass is 16.6. The van der Waals surface area contributed by atoms with E-state index in [2.05, 4.69) is 118 Å². The highest BCUT2D eigenvalue weighted by Crippen LogP contribution is 2.15. The second kappa shape index (κ2) is 59.9. The molecule has 0 spiro atoms. The molecule has 412 valence electrons. The molecular formula is C66H112O6. The molecular weight excluding hydrogens is 889 g/mol. The molecule has 0 N–H and O–H groups in total. The van der Waals surface area contributed by atoms with Crippen LogP contribution in [0.3, 0.4) is 0 Å². The van der Waals surface area contributed by atoms with E-state index in [-0.39, 0.29) is 31.1 Å². The number of hydrogen-bond donors (Lipinski definition) is 0. The maximum Gasteiger partial charge on any atom is 0.306 e. The summed E-state index contributed by atoms with van der Waals surface area (Å²) in [6.45, 7) is 6.50. The molecule has 0 radical (unpaired) electrons. The van der Waals surface area contributed by atoms with Crippen molar-refractivity contribution in [3.8, 4) is 0 Å². The van der Waals surface area contributed by atoms with Gasteiger partial charge in [-0.1, -0.05) is 259 Å². The molecule has 0 heterocycles. The van der Waals surface area contributed by atoms with Crippen LogP contribution in [0, 0.1) is 0 Å². The van der Waals surface area contributed by atoms with Crippen LogP contribution in [0.4, 0.5) is 0 Å². The first-order valence-electron chi connectivity index (χ1n) is 30.2. The van der Waals surface area contributed by atoms with Crippen molar-refractivity contribution < 1.29 is 28.6 Å². The molecule has 0 aromatic rings. The second-order valence-electron chi connectivity index (χ2n) is 19.9. The number of carbonyl (C=O) groups excluding carboxylic acids is 3. The normalized spacial score (nSPS) is 12.8. The van der Waals surface area contributed by atoms with Crippen molar-refractivity contribution in [3.63, 3.8) is 0 Å². The molecule has 0 amide bonds. The third kappa shape index (κ3) is 57.2. The molecule has 6 heteroatoms. The van der Waals surface area contributed by atoms with E-state index >= 15 is 0 Å². The number of ether oxygens (including phenoxy) is 3. The Kier molecular flexibility index (Phi) is 56.8. The number of allylic oxidation sites excluding steroid dienone is 16. The van der Waals surface area contributed by atoms with Crippen LogP contribution >= 0.6 is 0 Å². The number of carbonyl (C=O) groups is 3. The standard InChI is InChI=1S/C66H112O6/c1-4-7-10-13-16-19-22-24-26-27-28-29-30-31-32-33-34-35-36-37-38-39-41-42-44-47-50-53-56-59-65(68)71-62-63(61-70-64(67)58-55-52-49-46-21-18-15-12-9-6-3)72-66(69)60-57-54-51-48-45-43-40-25-23-20-17-14-11-8-5-2/h7,10,16,19,24-26,28-29,31-32,34-35,37-38,40,63H,4-6,8-9,11-15,17-18,20-23,27,30,33,36,39,41-62H2,1-3H3/b10-7-,19-16-,26-24-,29-28-,32-31-,35-34-,38-37-,40-25-. The van der Waals surface area contributed by atoms with Crippen LogP contribution in [0.2, 0.25) is 0 Å². The van der Waals surface area contributed by atoms with Crippen molar-refractivity contribution >= 4 is 17.9 Å². The van der Waals surface area contributed by atoms with E-state index in [9.17, 15) is 14.4 Å². The lowest BCUT2D eigenvalue weighted by Gasteiger charge is -2.18. The fourth-order valence-corrected chi connectivity index (χ4v) is 8.30. The summed E-state index contributed by atoms with van der Waals surface area (Å²) in [5.74, 6) is -0.898. The van der Waals surface area contributed by atoms with Crippen LogP contribution in [0.5, 0.6) is 0 Å². The predicted octanol–water partition coefficient (Wildman–Crippen LogP) is 20.5. The molecule has 0 saturated carbocycles. The quantitative estimate of drug-likeness (QED) is 0.0261. The van der Waals surface area contributed by atoms with Crippen LogP contribution in [-0.4, -0.2) is 37.2 Å². The van der Waals surface area contributed by atoms with Gasteiger partial charge in [0.15, 0.2) is 6.10 Å². The van der Waals surface area contributed by atoms with E-state index in [1.54, 1.807) is 0 Å². The fraction of sp³-hybridized carbons (Fsp3) is 0.712. The van der Waals surface area contributed by atoms with Gasteiger partial charge in [-0.15, -0.1) is 0 Å². The molecule has 0 bridgehead atoms. The summed E-state index contributed by atoms with van der Waals surface area (Å²) < 4.78 is 16.8. The fourth-order valence-electron chi connectivity index (χ4n) is 8.30. The minimum atomic E-state index is -0.784. The van der Waals surface area contributed by atoms with Crippen LogP contribution in [0.25, 0.3) is 0 Å². The monoisotopic (exact) mass is 1000 g/mol. The van der Waals surface area contributed by atoms with Crippen LogP contribution < -0.4 is 0 Å². The average molecular weight is 1000 g/mol. The molecule has 0 rings (SSSR count). The van der Waals surface area contributed by atoms with Gasteiger partial charge in [-0.2, -0.15) is 0 Å². The van der Waals surface area contributed by atoms with Crippen LogP contribution in [0.1, 0.15) is 284 Å². The Morgan fingerprint density at radius 3 is 0.861 bits per heavy atom. The molecule has 72 heavy (non-hydrogen) atoms. The summed E-state index contributed by atoms with van der Waals surface area (Å²) in [6.07, 6.45) is 79.8. The number of esters is 3. The average Bonchev–Trinajstić information content (AvgIpc) is 3.38. The van der Waals surface area contributed by atoms with Crippen molar-refractivity contribution in [1.82, 2.24) is 0 Å². The van der Waals surface area contributed by atoms with Gasteiger partial charge in [0.25, 0.3) is 0 Å². The first-order chi connectivity index (χ1) is 35.5. The minimum absolute atomic E-state index is 0.0821. The van der Waals surface area contributed by atoms with E-state index in [1.165, 1.54) is 122 Å². The Hall–Kier alpha value is -3.67. The summed E-state index contributed by atoms with van der Waals surface area (Å²) >= 11 is 0. The largest absolute Gasteiger partial charge is 0.462 e. The van der Waals surface area contributed by atoms with Gasteiger partial charge in [-0.05, 0) is 103 Å². The topological polar surface area (TPSA) is 78.9 Å². The van der Waals surface area contributed by atoms with E-state index in [4.69, 9.17) is 14.2 Å². The zero-order valence-corrected chi connectivity index (χ0v) is 47.2. The van der Waals surface area contributed by atoms with Crippen molar-refractivity contribution in [2.24, 2.45) is 0 Å². The second-order valence-corrected chi connectivity index (χ2v) is 19.9. The Labute approximate surface area is 445 Å². The van der Waals surface area contributed by atoms with Gasteiger partial charge in [0.1, 0.15) is 13.2 Å². The Balaban J connectivity index is 4.26. The van der Waals surface area contributed by atoms with Gasteiger partial charge >= 0.3 is 17.9 Å². The minimum Gasteiger partial charge on any atom is -0.462 e. The van der Waals surface area contributed by atoms with E-state index in [1.807, 2.05) is 0 Å². The summed E-state index contributed by atoms with van der Waals surface area (Å²) in [4.78, 5) is 38.1. The highest BCUT2D eigenvalue weighted by molar-refractivity contribution is 5.71. The lowest BCUT2D eigenvalue weighted by Crippen LogP contribution is -2.30. The first kappa shape index (κ1) is 68.3. The third-order valence-electron chi connectivity index (χ3n) is 12.8. The van der Waals surface area contributed by atoms with E-state index in [0.717, 1.165) is 122 Å². The van der Waals surface area contributed by atoms with Crippen molar-refractivity contribution in [2.75, 3.05) is 13.2 Å². The summed E-state index contributed by atoms with van der Waals surface area (Å²) in [5, 5.41) is 0. The van der Waals surface area contributed by atoms with Crippen molar-refractivity contribution in [2.45, 2.75) is 290 Å². The summed E-state index contributed by atoms with van der Waals surface area (Å²) in [7, 11) is 0. The zero-order chi connectivity index (χ0) is 52.2. The maximum absolute atomic E-state index is 12.8. The highest BCUT2D eigenvalue weighted by Gasteiger charge is 2.19. The molecule has 0 aliphatic rings. The summed E-state index contributed by atoms with van der Waals surface area (Å²) in [6, 6.07) is 0. The van der Waals surface area contributed by atoms with Gasteiger partial charge in [-0.3, -0.25) is 14.4 Å². The summed E-state index contributed by atoms with van der Waals surface area (Å²) in [5.41, 5.74) is 0. The lowest BCUT2D eigenvalue weighted by atomic mass is 10.1. The van der Waals surface area contributed by atoms with Crippen LogP contribution in [-0.2, 0) is 28.6 Å². The van der Waals surface area contributed by atoms with Crippen LogP contribution in [0.15, 0.2) is 97.2 Å². The molecule has 0 aliphatic heterocycles. The number of hydrogen-bond acceptors (Lipinski definition) is 6. The van der Waals surface area contributed by atoms with E-state index in [0.29, 0.717) is 19.3 Å². The molecule has 0 aliphatic carbocycles. The predicted molar refractivity (Wildman–Crippen MR) is 311 cm³/mol. The van der Waals surface area contributed by atoms with Gasteiger partial charge < -0.3 is 14.2 Å². The lowest BCUT2D eigenvalue weighted by molar-refractivity contribution is -0.167. The zero-order valence-electron chi connectivity index (χ0n) is 47.2. The maximum atomic E-state index is 12.8. The van der Waals surface area contributed by atoms with Gasteiger partial charge in [-0.25, -0.2) is 0 Å². The molecule has 1 atom stereocenters. The van der Waals surface area contributed by atoms with Gasteiger partial charge in [0.2, 0.25) is 0 Å².